The highest BCUT2D eigenvalue weighted by Crippen LogP contribution is 2.42. The molecule has 1 N–H and O–H groups in total. The Labute approximate surface area is 90.8 Å². The summed E-state index contributed by atoms with van der Waals surface area (Å²) in [5.41, 5.74) is 0.767. The van der Waals surface area contributed by atoms with E-state index in [4.69, 9.17) is 9.47 Å². The molecule has 76 valence electrons. The molecule has 0 aromatic heterocycles. The molecule has 2 rings (SSSR count). The lowest BCUT2D eigenvalue weighted by Crippen LogP contribution is -2.17. The second-order valence-electron chi connectivity index (χ2n) is 3.17. The van der Waals surface area contributed by atoms with Gasteiger partial charge in [-0.1, -0.05) is 6.07 Å². The fourth-order valence-corrected chi connectivity index (χ4v) is 1.88. The lowest BCUT2D eigenvalue weighted by Gasteiger charge is -2.23. The number of benzene rings is 1. The summed E-state index contributed by atoms with van der Waals surface area (Å²) in [7, 11) is 0. The highest BCUT2D eigenvalue weighted by Gasteiger charge is 2.20. The minimum atomic E-state index is -0.543. The number of fused-ring (bicyclic) bond motifs is 1. The number of aliphatic hydroxyl groups is 1. The predicted molar refractivity (Wildman–Crippen MR) is 55.8 cm³/mol. The van der Waals surface area contributed by atoms with Gasteiger partial charge < -0.3 is 14.6 Å². The molecule has 0 saturated heterocycles. The minimum Gasteiger partial charge on any atom is -0.486 e. The Morgan fingerprint density at radius 1 is 1.29 bits per heavy atom. The molecule has 1 aliphatic heterocycles. The van der Waals surface area contributed by atoms with Crippen molar-refractivity contribution in [3.63, 3.8) is 0 Å². The Kier molecular flexibility index (Phi) is 2.65. The SMILES string of the molecule is CC(O)c1ccc(Br)c2c1OCCO2. The zero-order chi connectivity index (χ0) is 10.1. The standard InChI is InChI=1S/C10H11BrO3/c1-6(12)7-2-3-8(11)10-9(7)13-4-5-14-10/h2-3,6,12H,4-5H2,1H3. The molecule has 0 spiro atoms. The molecule has 1 atom stereocenters. The number of hydrogen-bond donors (Lipinski definition) is 1. The summed E-state index contributed by atoms with van der Waals surface area (Å²) in [4.78, 5) is 0. The van der Waals surface area contributed by atoms with E-state index in [0.29, 0.717) is 24.7 Å². The summed E-state index contributed by atoms with van der Waals surface area (Å²) in [6, 6.07) is 3.69. The Balaban J connectivity index is 2.53. The van der Waals surface area contributed by atoms with Gasteiger partial charge in [-0.3, -0.25) is 0 Å². The maximum absolute atomic E-state index is 9.52. The maximum Gasteiger partial charge on any atom is 0.175 e. The molecule has 1 aromatic rings. The average Bonchev–Trinajstić information content (AvgIpc) is 2.18. The molecule has 0 aliphatic carbocycles. The zero-order valence-electron chi connectivity index (χ0n) is 7.79. The van der Waals surface area contributed by atoms with E-state index in [1.165, 1.54) is 0 Å². The normalized spacial score (nSPS) is 16.5. The molecule has 14 heavy (non-hydrogen) atoms. The molecule has 0 bridgehead atoms. The smallest absolute Gasteiger partial charge is 0.175 e. The second kappa shape index (κ2) is 3.79. The van der Waals surface area contributed by atoms with Gasteiger partial charge in [0.1, 0.15) is 13.2 Å². The van der Waals surface area contributed by atoms with Crippen molar-refractivity contribution < 1.29 is 14.6 Å². The number of halogens is 1. The largest absolute Gasteiger partial charge is 0.486 e. The van der Waals surface area contributed by atoms with Gasteiger partial charge in [0, 0.05) is 5.56 Å². The Bertz CT molecular complexity index is 349. The number of ether oxygens (including phenoxy) is 2. The third kappa shape index (κ3) is 1.60. The van der Waals surface area contributed by atoms with Gasteiger partial charge >= 0.3 is 0 Å². The molecule has 4 heteroatoms. The first kappa shape index (κ1) is 9.80. The summed E-state index contributed by atoms with van der Waals surface area (Å²) in [6.07, 6.45) is -0.543. The molecule has 1 aromatic carbocycles. The third-order valence-corrected chi connectivity index (χ3v) is 2.75. The Morgan fingerprint density at radius 3 is 2.57 bits per heavy atom. The van der Waals surface area contributed by atoms with Crippen LogP contribution in [0.25, 0.3) is 0 Å². The number of hydrogen-bond acceptors (Lipinski definition) is 3. The highest BCUT2D eigenvalue weighted by molar-refractivity contribution is 9.10. The first-order valence-corrected chi connectivity index (χ1v) is 5.25. The lowest BCUT2D eigenvalue weighted by molar-refractivity contribution is 0.152. The summed E-state index contributed by atoms with van der Waals surface area (Å²) in [5.74, 6) is 1.34. The maximum atomic E-state index is 9.52. The van der Waals surface area contributed by atoms with Crippen LogP contribution in [0.1, 0.15) is 18.6 Å². The van der Waals surface area contributed by atoms with Crippen LogP contribution in [0.2, 0.25) is 0 Å². The van der Waals surface area contributed by atoms with E-state index >= 15 is 0 Å². The van der Waals surface area contributed by atoms with E-state index in [9.17, 15) is 5.11 Å². The van der Waals surface area contributed by atoms with E-state index in [-0.39, 0.29) is 0 Å². The molecule has 1 unspecified atom stereocenters. The molecule has 0 amide bonds. The van der Waals surface area contributed by atoms with Crippen LogP contribution in [-0.4, -0.2) is 18.3 Å². The van der Waals surface area contributed by atoms with Gasteiger partial charge in [0.05, 0.1) is 10.6 Å². The second-order valence-corrected chi connectivity index (χ2v) is 4.02. The molecule has 3 nitrogen and oxygen atoms in total. The van der Waals surface area contributed by atoms with E-state index in [1.807, 2.05) is 12.1 Å². The van der Waals surface area contributed by atoms with Gasteiger partial charge in [-0.25, -0.2) is 0 Å². The Morgan fingerprint density at radius 2 is 1.93 bits per heavy atom. The summed E-state index contributed by atoms with van der Waals surface area (Å²) in [5, 5.41) is 9.52. The topological polar surface area (TPSA) is 38.7 Å². The third-order valence-electron chi connectivity index (χ3n) is 2.12. The van der Waals surface area contributed by atoms with E-state index in [0.717, 1.165) is 10.0 Å². The van der Waals surface area contributed by atoms with Crippen molar-refractivity contribution in [3.8, 4) is 11.5 Å². The van der Waals surface area contributed by atoms with Crippen LogP contribution in [0.4, 0.5) is 0 Å². The summed E-state index contributed by atoms with van der Waals surface area (Å²) < 4.78 is 11.8. The molecule has 0 fully saturated rings. The van der Waals surface area contributed by atoms with Crippen LogP contribution < -0.4 is 9.47 Å². The van der Waals surface area contributed by atoms with Crippen LogP contribution in [0, 0.1) is 0 Å². The number of aliphatic hydroxyl groups excluding tert-OH is 1. The molecule has 0 radical (unpaired) electrons. The van der Waals surface area contributed by atoms with Gasteiger partial charge in [-0.05, 0) is 28.9 Å². The van der Waals surface area contributed by atoms with Crippen LogP contribution in [-0.2, 0) is 0 Å². The van der Waals surface area contributed by atoms with Crippen molar-refractivity contribution in [1.82, 2.24) is 0 Å². The van der Waals surface area contributed by atoms with Gasteiger partial charge in [-0.15, -0.1) is 0 Å². The molecular weight excluding hydrogens is 248 g/mol. The minimum absolute atomic E-state index is 0.531. The zero-order valence-corrected chi connectivity index (χ0v) is 9.37. The Hall–Kier alpha value is -0.740. The van der Waals surface area contributed by atoms with Crippen LogP contribution >= 0.6 is 15.9 Å². The fourth-order valence-electron chi connectivity index (χ4n) is 1.45. The van der Waals surface area contributed by atoms with Crippen LogP contribution in [0.5, 0.6) is 11.5 Å². The van der Waals surface area contributed by atoms with Crippen LogP contribution in [0.3, 0.4) is 0 Å². The van der Waals surface area contributed by atoms with Crippen molar-refractivity contribution >= 4 is 15.9 Å². The van der Waals surface area contributed by atoms with Crippen molar-refractivity contribution in [3.05, 3.63) is 22.2 Å². The van der Waals surface area contributed by atoms with E-state index < -0.39 is 6.10 Å². The molecule has 1 heterocycles. The quantitative estimate of drug-likeness (QED) is 0.840. The predicted octanol–water partition coefficient (Wildman–Crippen LogP) is 2.27. The van der Waals surface area contributed by atoms with Crippen molar-refractivity contribution in [2.24, 2.45) is 0 Å². The first-order chi connectivity index (χ1) is 6.70. The number of rotatable bonds is 1. The summed E-state index contributed by atoms with van der Waals surface area (Å²) >= 11 is 3.38. The monoisotopic (exact) mass is 258 g/mol. The van der Waals surface area contributed by atoms with Crippen LogP contribution in [0.15, 0.2) is 16.6 Å². The van der Waals surface area contributed by atoms with Crippen molar-refractivity contribution in [2.45, 2.75) is 13.0 Å². The van der Waals surface area contributed by atoms with Gasteiger partial charge in [0.2, 0.25) is 0 Å². The van der Waals surface area contributed by atoms with Gasteiger partial charge in [0.15, 0.2) is 11.5 Å². The molecule has 0 saturated carbocycles. The van der Waals surface area contributed by atoms with E-state index in [1.54, 1.807) is 6.92 Å². The molecule has 1 aliphatic rings. The van der Waals surface area contributed by atoms with Gasteiger partial charge in [-0.2, -0.15) is 0 Å². The van der Waals surface area contributed by atoms with Crippen molar-refractivity contribution in [1.29, 1.82) is 0 Å². The highest BCUT2D eigenvalue weighted by atomic mass is 79.9. The van der Waals surface area contributed by atoms with E-state index in [2.05, 4.69) is 15.9 Å². The lowest BCUT2D eigenvalue weighted by atomic mass is 10.1. The van der Waals surface area contributed by atoms with Gasteiger partial charge in [0.25, 0.3) is 0 Å². The average molecular weight is 259 g/mol. The fraction of sp³-hybridized carbons (Fsp3) is 0.400. The van der Waals surface area contributed by atoms with Crippen molar-refractivity contribution in [2.75, 3.05) is 13.2 Å². The summed E-state index contributed by atoms with van der Waals surface area (Å²) in [6.45, 7) is 2.79. The molecular formula is C10H11BrO3. The first-order valence-electron chi connectivity index (χ1n) is 4.46.